The molecule has 0 amide bonds. The van der Waals surface area contributed by atoms with Crippen molar-refractivity contribution in [3.05, 3.63) is 11.6 Å². The van der Waals surface area contributed by atoms with Gasteiger partial charge in [0.2, 0.25) is 10.0 Å². The van der Waals surface area contributed by atoms with Crippen LogP contribution in [0, 0.1) is 11.8 Å². The Balaban J connectivity index is 1.59. The number of likely N-dealkylation sites (tertiary alicyclic amines) is 1. The first-order valence-corrected chi connectivity index (χ1v) is 11.1. The smallest absolute Gasteiger partial charge is 0.211 e. The minimum Gasteiger partial charge on any atom is -0.370 e. The topological polar surface area (TPSA) is 58.6 Å². The zero-order valence-electron chi connectivity index (χ0n) is 15.3. The van der Waals surface area contributed by atoms with Gasteiger partial charge in [0.1, 0.15) is 0 Å². The Kier molecular flexibility index (Phi) is 5.40. The Morgan fingerprint density at radius 1 is 1.42 bits per heavy atom. The summed E-state index contributed by atoms with van der Waals surface area (Å²) in [4.78, 5) is 2.52. The number of hydrogen-bond donors (Lipinski definition) is 1. The molecule has 3 fully saturated rings. The lowest BCUT2D eigenvalue weighted by atomic mass is 9.74. The van der Waals surface area contributed by atoms with Crippen molar-refractivity contribution >= 4 is 10.0 Å². The van der Waals surface area contributed by atoms with E-state index in [1.54, 1.807) is 6.92 Å². The highest BCUT2D eigenvalue weighted by Crippen LogP contribution is 2.54. The van der Waals surface area contributed by atoms with Crippen LogP contribution < -0.4 is 4.72 Å². The fraction of sp³-hybridized carbons (Fsp3) is 0.889. The van der Waals surface area contributed by atoms with Crippen molar-refractivity contribution in [1.29, 1.82) is 0 Å². The van der Waals surface area contributed by atoms with E-state index in [0.29, 0.717) is 18.4 Å². The summed E-state index contributed by atoms with van der Waals surface area (Å²) in [5.41, 5.74) is 1.45. The largest absolute Gasteiger partial charge is 0.370 e. The van der Waals surface area contributed by atoms with Gasteiger partial charge in [-0.1, -0.05) is 18.6 Å². The van der Waals surface area contributed by atoms with E-state index in [-0.39, 0.29) is 17.5 Å². The van der Waals surface area contributed by atoms with Gasteiger partial charge in [-0.15, -0.1) is 0 Å². The second kappa shape index (κ2) is 7.06. The minimum absolute atomic E-state index is 0.00347. The van der Waals surface area contributed by atoms with Crippen molar-refractivity contribution in [2.24, 2.45) is 11.8 Å². The molecule has 0 aromatic heterocycles. The Hall–Kier alpha value is -0.430. The monoisotopic (exact) mass is 356 g/mol. The predicted molar refractivity (Wildman–Crippen MR) is 96.4 cm³/mol. The number of rotatable bonds is 8. The first-order valence-electron chi connectivity index (χ1n) is 9.42. The first kappa shape index (κ1) is 18.4. The van der Waals surface area contributed by atoms with Gasteiger partial charge in [-0.2, -0.15) is 0 Å². The fourth-order valence-electron chi connectivity index (χ4n) is 4.69. The molecule has 3 aliphatic rings. The van der Waals surface area contributed by atoms with Gasteiger partial charge in [-0.3, -0.25) is 4.90 Å². The molecule has 138 valence electrons. The molecule has 3 heterocycles. The summed E-state index contributed by atoms with van der Waals surface area (Å²) in [6.07, 6.45) is 7.03. The summed E-state index contributed by atoms with van der Waals surface area (Å²) in [5, 5.41) is 0. The number of fused-ring (bicyclic) bond motifs is 1. The van der Waals surface area contributed by atoms with Crippen molar-refractivity contribution in [3.63, 3.8) is 0 Å². The number of hydrogen-bond acceptors (Lipinski definition) is 4. The van der Waals surface area contributed by atoms with E-state index >= 15 is 0 Å². The van der Waals surface area contributed by atoms with Crippen LogP contribution in [0.3, 0.4) is 0 Å². The van der Waals surface area contributed by atoms with E-state index in [1.165, 1.54) is 5.57 Å². The Labute approximate surface area is 146 Å². The molecule has 0 aliphatic carbocycles. The van der Waals surface area contributed by atoms with E-state index in [0.717, 1.165) is 45.3 Å². The highest BCUT2D eigenvalue weighted by Gasteiger charge is 2.62. The molecule has 6 heteroatoms. The fourth-order valence-corrected chi connectivity index (χ4v) is 5.34. The Morgan fingerprint density at radius 2 is 2.21 bits per heavy atom. The van der Waals surface area contributed by atoms with Crippen molar-refractivity contribution in [3.8, 4) is 0 Å². The molecule has 5 nitrogen and oxygen atoms in total. The maximum atomic E-state index is 11.8. The van der Waals surface area contributed by atoms with Crippen molar-refractivity contribution < 1.29 is 13.2 Å². The molecule has 2 bridgehead atoms. The quantitative estimate of drug-likeness (QED) is 0.677. The van der Waals surface area contributed by atoms with E-state index in [9.17, 15) is 8.42 Å². The number of allylic oxidation sites excluding steroid dienone is 1. The average molecular weight is 357 g/mol. The standard InChI is InChI=1S/C18H32N2O3S/c1-4-14(3)7-6-10-20-12-16-15(11-19-24(21,22)5-2)17-8-9-18(16,13-20)23-17/h7,15-17,19H,4-6,8-13H2,1-3H3/t15-,16+,17+,18+/m0/s1. The normalized spacial score (nSPS) is 36.5. The van der Waals surface area contributed by atoms with Crippen LogP contribution in [0.25, 0.3) is 0 Å². The lowest BCUT2D eigenvalue weighted by Crippen LogP contribution is -2.42. The Morgan fingerprint density at radius 3 is 2.92 bits per heavy atom. The van der Waals surface area contributed by atoms with Gasteiger partial charge in [0.25, 0.3) is 0 Å². The van der Waals surface area contributed by atoms with Gasteiger partial charge in [0.05, 0.1) is 17.5 Å². The van der Waals surface area contributed by atoms with Gasteiger partial charge in [0, 0.05) is 38.0 Å². The molecule has 0 aromatic carbocycles. The molecule has 3 aliphatic heterocycles. The molecule has 4 atom stereocenters. The lowest BCUT2D eigenvalue weighted by molar-refractivity contribution is 0.00298. The molecule has 3 saturated heterocycles. The average Bonchev–Trinajstić information content (AvgIpc) is 3.20. The third kappa shape index (κ3) is 3.57. The third-order valence-corrected chi connectivity index (χ3v) is 7.64. The molecular formula is C18H32N2O3S. The van der Waals surface area contributed by atoms with E-state index in [2.05, 4.69) is 29.5 Å². The molecule has 1 spiro atoms. The van der Waals surface area contributed by atoms with E-state index in [1.807, 2.05) is 0 Å². The van der Waals surface area contributed by atoms with Crippen molar-refractivity contribution in [2.45, 2.75) is 58.2 Å². The van der Waals surface area contributed by atoms with Crippen LogP contribution in [0.4, 0.5) is 0 Å². The van der Waals surface area contributed by atoms with Crippen molar-refractivity contribution in [1.82, 2.24) is 9.62 Å². The predicted octanol–water partition coefficient (Wildman–Crippen LogP) is 2.15. The molecule has 3 rings (SSSR count). The van der Waals surface area contributed by atoms with Gasteiger partial charge < -0.3 is 4.74 Å². The second-order valence-electron chi connectivity index (χ2n) is 7.71. The zero-order valence-corrected chi connectivity index (χ0v) is 16.1. The molecule has 0 radical (unpaired) electrons. The van der Waals surface area contributed by atoms with Crippen LogP contribution in [-0.4, -0.2) is 57.0 Å². The SMILES string of the molecule is CCC(C)=CCCN1C[C@@H]2[C@H](CNS(=O)(=O)CC)[C@H]3CC[C@]2(C1)O3. The lowest BCUT2D eigenvalue weighted by Gasteiger charge is -2.29. The maximum absolute atomic E-state index is 11.8. The van der Waals surface area contributed by atoms with Crippen LogP contribution in [-0.2, 0) is 14.8 Å². The van der Waals surface area contributed by atoms with Crippen LogP contribution in [0.15, 0.2) is 11.6 Å². The summed E-state index contributed by atoms with van der Waals surface area (Å²) >= 11 is 0. The number of nitrogens with zero attached hydrogens (tertiary/aromatic N) is 1. The maximum Gasteiger partial charge on any atom is 0.211 e. The summed E-state index contributed by atoms with van der Waals surface area (Å²) in [5.74, 6) is 0.959. The van der Waals surface area contributed by atoms with Gasteiger partial charge in [-0.05, 0) is 39.5 Å². The van der Waals surface area contributed by atoms with Gasteiger partial charge >= 0.3 is 0 Å². The molecule has 0 aromatic rings. The van der Waals surface area contributed by atoms with Gasteiger partial charge in [0.15, 0.2) is 0 Å². The van der Waals surface area contributed by atoms with E-state index in [4.69, 9.17) is 4.74 Å². The minimum atomic E-state index is -3.12. The summed E-state index contributed by atoms with van der Waals surface area (Å²) in [6, 6.07) is 0. The highest BCUT2D eigenvalue weighted by molar-refractivity contribution is 7.89. The van der Waals surface area contributed by atoms with Gasteiger partial charge in [-0.25, -0.2) is 13.1 Å². The zero-order chi connectivity index (χ0) is 17.4. The molecule has 0 saturated carbocycles. The van der Waals surface area contributed by atoms with Crippen molar-refractivity contribution in [2.75, 3.05) is 31.9 Å². The molecule has 24 heavy (non-hydrogen) atoms. The number of ether oxygens (including phenoxy) is 1. The van der Waals surface area contributed by atoms with Crippen LogP contribution in [0.1, 0.15) is 46.5 Å². The molecular weight excluding hydrogens is 324 g/mol. The van der Waals surface area contributed by atoms with Crippen LogP contribution in [0.2, 0.25) is 0 Å². The summed E-state index contributed by atoms with van der Waals surface area (Å²) < 4.78 is 32.7. The number of nitrogens with one attached hydrogen (secondary N) is 1. The number of sulfonamides is 1. The van der Waals surface area contributed by atoms with E-state index < -0.39 is 10.0 Å². The van der Waals surface area contributed by atoms with Crippen LogP contribution >= 0.6 is 0 Å². The summed E-state index contributed by atoms with van der Waals surface area (Å²) in [7, 11) is -3.12. The molecule has 0 unspecified atom stereocenters. The summed E-state index contributed by atoms with van der Waals surface area (Å²) in [6.45, 7) is 9.76. The first-order chi connectivity index (χ1) is 11.4. The van der Waals surface area contributed by atoms with Crippen LogP contribution in [0.5, 0.6) is 0 Å². The third-order valence-electron chi connectivity index (χ3n) is 6.27. The second-order valence-corrected chi connectivity index (χ2v) is 9.81. The highest BCUT2D eigenvalue weighted by atomic mass is 32.2. The molecule has 1 N–H and O–H groups in total. The Bertz CT molecular complexity index is 589.